The molecule has 2 aromatic carbocycles. The maximum atomic E-state index is 11.2. The lowest BCUT2D eigenvalue weighted by Gasteiger charge is -2.14. The number of benzene rings is 2. The SMILES string of the molecule is O=S(=O)(O)C1(COc2ccccc2-c2ccccc2)CO1. The minimum Gasteiger partial charge on any atom is -0.489 e. The highest BCUT2D eigenvalue weighted by molar-refractivity contribution is 7.87. The third kappa shape index (κ3) is 2.78. The van der Waals surface area contributed by atoms with E-state index < -0.39 is 15.1 Å². The molecular weight excluding hydrogens is 292 g/mol. The van der Waals surface area contributed by atoms with E-state index >= 15 is 0 Å². The van der Waals surface area contributed by atoms with Gasteiger partial charge in [0.05, 0.1) is 6.61 Å². The van der Waals surface area contributed by atoms with Crippen LogP contribution in [0.15, 0.2) is 54.6 Å². The summed E-state index contributed by atoms with van der Waals surface area (Å²) in [6.45, 7) is -0.297. The van der Waals surface area contributed by atoms with Gasteiger partial charge in [0.15, 0.2) is 0 Å². The molecule has 1 unspecified atom stereocenters. The van der Waals surface area contributed by atoms with E-state index in [0.717, 1.165) is 11.1 Å². The molecule has 0 radical (unpaired) electrons. The van der Waals surface area contributed by atoms with Crippen molar-refractivity contribution < 1.29 is 22.4 Å². The molecule has 0 saturated carbocycles. The van der Waals surface area contributed by atoms with Gasteiger partial charge in [-0.25, -0.2) is 0 Å². The van der Waals surface area contributed by atoms with Crippen molar-refractivity contribution in [1.82, 2.24) is 0 Å². The molecule has 0 bridgehead atoms. The Labute approximate surface area is 122 Å². The minimum atomic E-state index is -4.29. The van der Waals surface area contributed by atoms with Gasteiger partial charge in [-0.15, -0.1) is 0 Å². The predicted octanol–water partition coefficient (Wildman–Crippen LogP) is 2.35. The highest BCUT2D eigenvalue weighted by Crippen LogP contribution is 2.35. The molecule has 1 saturated heterocycles. The number of para-hydroxylation sites is 1. The molecule has 0 aliphatic carbocycles. The van der Waals surface area contributed by atoms with Crippen molar-refractivity contribution >= 4 is 10.1 Å². The minimum absolute atomic E-state index is 0.0562. The molecule has 1 aliphatic heterocycles. The Kier molecular flexibility index (Phi) is 3.44. The summed E-state index contributed by atoms with van der Waals surface area (Å²) in [6, 6.07) is 16.9. The Morgan fingerprint density at radius 1 is 1.10 bits per heavy atom. The Morgan fingerprint density at radius 3 is 2.33 bits per heavy atom. The van der Waals surface area contributed by atoms with Crippen LogP contribution in [0.4, 0.5) is 0 Å². The van der Waals surface area contributed by atoms with Crippen molar-refractivity contribution in [3.05, 3.63) is 54.6 Å². The Bertz CT molecular complexity index is 736. The first-order valence-electron chi connectivity index (χ1n) is 6.40. The lowest BCUT2D eigenvalue weighted by Crippen LogP contribution is -2.31. The van der Waals surface area contributed by atoms with Crippen molar-refractivity contribution in [2.75, 3.05) is 13.2 Å². The zero-order chi connectivity index (χ0) is 14.9. The highest BCUT2D eigenvalue weighted by atomic mass is 32.2. The van der Waals surface area contributed by atoms with Crippen LogP contribution in [-0.4, -0.2) is 31.1 Å². The third-order valence-electron chi connectivity index (χ3n) is 3.36. The van der Waals surface area contributed by atoms with Gasteiger partial charge in [-0.3, -0.25) is 4.55 Å². The molecule has 6 heteroatoms. The van der Waals surface area contributed by atoms with Gasteiger partial charge in [0.25, 0.3) is 4.93 Å². The van der Waals surface area contributed by atoms with Crippen LogP contribution >= 0.6 is 0 Å². The normalized spacial score (nSPS) is 21.0. The van der Waals surface area contributed by atoms with E-state index in [1.165, 1.54) is 0 Å². The van der Waals surface area contributed by atoms with Crippen molar-refractivity contribution in [3.8, 4) is 16.9 Å². The second kappa shape index (κ2) is 5.14. The fraction of sp³-hybridized carbons (Fsp3) is 0.200. The van der Waals surface area contributed by atoms with Gasteiger partial charge in [0.2, 0.25) is 0 Å². The van der Waals surface area contributed by atoms with Crippen molar-refractivity contribution in [3.63, 3.8) is 0 Å². The van der Waals surface area contributed by atoms with Gasteiger partial charge in [-0.2, -0.15) is 8.42 Å². The van der Waals surface area contributed by atoms with Gasteiger partial charge in [-0.05, 0) is 11.6 Å². The summed E-state index contributed by atoms with van der Waals surface area (Å²) in [5.74, 6) is 0.544. The molecule has 1 N–H and O–H groups in total. The summed E-state index contributed by atoms with van der Waals surface area (Å²) in [5, 5.41) is 0. The third-order valence-corrected chi connectivity index (χ3v) is 4.65. The summed E-state index contributed by atoms with van der Waals surface area (Å²) < 4.78 is 42.1. The maximum Gasteiger partial charge on any atom is 0.301 e. The molecular formula is C15H14O5S. The van der Waals surface area contributed by atoms with Gasteiger partial charge in [0.1, 0.15) is 12.4 Å². The second-order valence-electron chi connectivity index (χ2n) is 4.83. The second-order valence-corrected chi connectivity index (χ2v) is 6.52. The number of hydrogen-bond donors (Lipinski definition) is 1. The Hall–Kier alpha value is -1.89. The van der Waals surface area contributed by atoms with Crippen LogP contribution in [0.5, 0.6) is 5.75 Å². The first-order chi connectivity index (χ1) is 10.0. The van der Waals surface area contributed by atoms with Crippen LogP contribution in [0.3, 0.4) is 0 Å². The molecule has 1 aliphatic rings. The molecule has 5 nitrogen and oxygen atoms in total. The number of epoxide rings is 1. The lowest BCUT2D eigenvalue weighted by molar-refractivity contribution is 0.229. The monoisotopic (exact) mass is 306 g/mol. The van der Waals surface area contributed by atoms with Crippen LogP contribution < -0.4 is 4.74 Å². The van der Waals surface area contributed by atoms with E-state index in [0.29, 0.717) is 5.75 Å². The predicted molar refractivity (Wildman–Crippen MR) is 77.6 cm³/mol. The zero-order valence-electron chi connectivity index (χ0n) is 11.1. The van der Waals surface area contributed by atoms with Gasteiger partial charge in [0, 0.05) is 5.56 Å². The van der Waals surface area contributed by atoms with E-state index in [2.05, 4.69) is 0 Å². The van der Waals surface area contributed by atoms with Crippen LogP contribution in [0.2, 0.25) is 0 Å². The van der Waals surface area contributed by atoms with Crippen LogP contribution in [0.25, 0.3) is 11.1 Å². The van der Waals surface area contributed by atoms with Gasteiger partial charge in [-0.1, -0.05) is 48.5 Å². The van der Waals surface area contributed by atoms with E-state index in [-0.39, 0.29) is 13.2 Å². The van der Waals surface area contributed by atoms with E-state index in [4.69, 9.17) is 14.0 Å². The molecule has 110 valence electrons. The Morgan fingerprint density at radius 2 is 1.71 bits per heavy atom. The summed E-state index contributed by atoms with van der Waals surface area (Å²) in [7, 11) is -4.29. The van der Waals surface area contributed by atoms with Crippen LogP contribution in [0, 0.1) is 0 Å². The zero-order valence-corrected chi connectivity index (χ0v) is 11.9. The van der Waals surface area contributed by atoms with E-state index in [1.807, 2.05) is 42.5 Å². The molecule has 21 heavy (non-hydrogen) atoms. The summed E-state index contributed by atoms with van der Waals surface area (Å²) in [5.41, 5.74) is 1.81. The fourth-order valence-corrected chi connectivity index (χ4v) is 2.59. The molecule has 2 aromatic rings. The van der Waals surface area contributed by atoms with Crippen LogP contribution in [-0.2, 0) is 14.9 Å². The molecule has 1 heterocycles. The first-order valence-corrected chi connectivity index (χ1v) is 7.84. The number of ether oxygens (including phenoxy) is 2. The van der Waals surface area contributed by atoms with Crippen molar-refractivity contribution in [2.24, 2.45) is 0 Å². The molecule has 0 spiro atoms. The smallest absolute Gasteiger partial charge is 0.301 e. The van der Waals surface area contributed by atoms with Crippen LogP contribution in [0.1, 0.15) is 0 Å². The average Bonchev–Trinajstić information content (AvgIpc) is 3.27. The van der Waals surface area contributed by atoms with Gasteiger partial charge >= 0.3 is 10.1 Å². The number of hydrogen-bond acceptors (Lipinski definition) is 4. The molecule has 0 amide bonds. The molecule has 1 atom stereocenters. The molecule has 0 aromatic heterocycles. The summed E-state index contributed by atoms with van der Waals surface area (Å²) in [4.78, 5) is -1.61. The van der Waals surface area contributed by atoms with E-state index in [1.54, 1.807) is 12.1 Å². The molecule has 3 rings (SSSR count). The van der Waals surface area contributed by atoms with Crippen molar-refractivity contribution in [1.29, 1.82) is 0 Å². The van der Waals surface area contributed by atoms with Gasteiger partial charge < -0.3 is 9.47 Å². The summed E-state index contributed by atoms with van der Waals surface area (Å²) >= 11 is 0. The first kappa shape index (κ1) is 14.1. The largest absolute Gasteiger partial charge is 0.489 e. The lowest BCUT2D eigenvalue weighted by atomic mass is 10.1. The number of rotatable bonds is 5. The van der Waals surface area contributed by atoms with Crippen molar-refractivity contribution in [2.45, 2.75) is 4.93 Å². The maximum absolute atomic E-state index is 11.2. The fourth-order valence-electron chi connectivity index (χ4n) is 2.02. The highest BCUT2D eigenvalue weighted by Gasteiger charge is 2.58. The topological polar surface area (TPSA) is 76.1 Å². The Balaban J connectivity index is 1.85. The van der Waals surface area contributed by atoms with E-state index in [9.17, 15) is 8.42 Å². The molecule has 1 fully saturated rings. The standard InChI is InChI=1S/C15H14O5S/c16-21(17,18)15(11-20-15)10-19-14-9-5-4-8-13(14)12-6-2-1-3-7-12/h1-9H,10-11H2,(H,16,17,18). The average molecular weight is 306 g/mol. The quantitative estimate of drug-likeness (QED) is 0.678. The summed E-state index contributed by atoms with van der Waals surface area (Å²) in [6.07, 6.45) is 0.